The summed E-state index contributed by atoms with van der Waals surface area (Å²) in [6.07, 6.45) is 1.63. The summed E-state index contributed by atoms with van der Waals surface area (Å²) in [5.41, 5.74) is 1.33. The average Bonchev–Trinajstić information content (AvgIpc) is 2.41. The molecule has 5 nitrogen and oxygen atoms in total. The van der Waals surface area contributed by atoms with Gasteiger partial charge in [-0.1, -0.05) is 6.07 Å². The molecule has 0 amide bonds. The summed E-state index contributed by atoms with van der Waals surface area (Å²) in [4.78, 5) is 4.13. The van der Waals surface area contributed by atoms with Crippen molar-refractivity contribution in [2.75, 3.05) is 0 Å². The first kappa shape index (κ1) is 9.17. The van der Waals surface area contributed by atoms with Gasteiger partial charge >= 0.3 is 0 Å². The smallest absolute Gasteiger partial charge is 0.254 e. The van der Waals surface area contributed by atoms with Gasteiger partial charge in [0.25, 0.3) is 10.0 Å². The van der Waals surface area contributed by atoms with Crippen LogP contribution in [0, 0.1) is 6.92 Å². The Morgan fingerprint density at radius 3 is 2.79 bits per heavy atom. The molecule has 74 valence electrons. The van der Waals surface area contributed by atoms with Crippen molar-refractivity contribution < 1.29 is 8.42 Å². The van der Waals surface area contributed by atoms with E-state index in [2.05, 4.69) is 4.98 Å². The Morgan fingerprint density at radius 2 is 2.14 bits per heavy atom. The van der Waals surface area contributed by atoms with Crippen LogP contribution in [-0.4, -0.2) is 17.8 Å². The van der Waals surface area contributed by atoms with Crippen LogP contribution in [0.15, 0.2) is 29.4 Å². The Labute approximate surface area is 81.2 Å². The van der Waals surface area contributed by atoms with Gasteiger partial charge in [-0.3, -0.25) is 4.40 Å². The van der Waals surface area contributed by atoms with Crippen LogP contribution in [0.1, 0.15) is 5.69 Å². The number of pyridine rings is 1. The molecule has 2 rings (SSSR count). The van der Waals surface area contributed by atoms with Crippen molar-refractivity contribution in [2.24, 2.45) is 5.14 Å². The molecule has 14 heavy (non-hydrogen) atoms. The fourth-order valence-electron chi connectivity index (χ4n) is 1.34. The Morgan fingerprint density at radius 1 is 1.43 bits per heavy atom. The van der Waals surface area contributed by atoms with E-state index in [1.165, 1.54) is 10.5 Å². The van der Waals surface area contributed by atoms with Gasteiger partial charge in [0.05, 0.1) is 5.69 Å². The summed E-state index contributed by atoms with van der Waals surface area (Å²) in [6, 6.07) is 4.78. The number of primary sulfonamides is 1. The second-order valence-corrected chi connectivity index (χ2v) is 4.53. The van der Waals surface area contributed by atoms with E-state index >= 15 is 0 Å². The number of hydrogen-bond acceptors (Lipinski definition) is 3. The van der Waals surface area contributed by atoms with E-state index in [1.54, 1.807) is 25.3 Å². The van der Waals surface area contributed by atoms with Crippen LogP contribution in [0.4, 0.5) is 0 Å². The number of aromatic nitrogens is 2. The summed E-state index contributed by atoms with van der Waals surface area (Å²) in [5.74, 6) is 0. The highest BCUT2D eigenvalue weighted by atomic mass is 32.2. The Balaban J connectivity index is 2.90. The van der Waals surface area contributed by atoms with Gasteiger partial charge in [-0.15, -0.1) is 0 Å². The number of rotatable bonds is 1. The van der Waals surface area contributed by atoms with Crippen LogP contribution in [0.5, 0.6) is 0 Å². The third-order valence-corrected chi connectivity index (χ3v) is 2.78. The van der Waals surface area contributed by atoms with Gasteiger partial charge in [-0.2, -0.15) is 0 Å². The molecule has 2 aromatic heterocycles. The first-order chi connectivity index (χ1) is 6.48. The van der Waals surface area contributed by atoms with E-state index in [1.807, 2.05) is 0 Å². The molecule has 0 saturated carbocycles. The normalized spacial score (nSPS) is 12.1. The van der Waals surface area contributed by atoms with Crippen LogP contribution < -0.4 is 5.14 Å². The molecule has 0 atom stereocenters. The maximum Gasteiger partial charge on any atom is 0.254 e. The number of sulfonamides is 1. The van der Waals surface area contributed by atoms with E-state index in [4.69, 9.17) is 5.14 Å². The second-order valence-electron chi connectivity index (χ2n) is 3.02. The Kier molecular flexibility index (Phi) is 1.83. The molecule has 0 aliphatic carbocycles. The van der Waals surface area contributed by atoms with Crippen molar-refractivity contribution in [1.82, 2.24) is 9.38 Å². The van der Waals surface area contributed by atoms with Crippen molar-refractivity contribution in [3.8, 4) is 0 Å². The summed E-state index contributed by atoms with van der Waals surface area (Å²) < 4.78 is 23.8. The van der Waals surface area contributed by atoms with Crippen molar-refractivity contribution >= 4 is 15.7 Å². The largest absolute Gasteiger partial charge is 0.289 e. The fraction of sp³-hybridized carbons (Fsp3) is 0.125. The lowest BCUT2D eigenvalue weighted by molar-refractivity contribution is 0.592. The molecule has 0 fully saturated rings. The third-order valence-electron chi connectivity index (χ3n) is 1.87. The highest BCUT2D eigenvalue weighted by Crippen LogP contribution is 2.11. The van der Waals surface area contributed by atoms with E-state index in [9.17, 15) is 8.42 Å². The van der Waals surface area contributed by atoms with Gasteiger partial charge in [0.2, 0.25) is 0 Å². The minimum absolute atomic E-state index is 0.0515. The number of fused-ring (bicyclic) bond motifs is 1. The predicted molar refractivity (Wildman–Crippen MR) is 51.3 cm³/mol. The Bertz CT molecular complexity index is 586. The van der Waals surface area contributed by atoms with Crippen molar-refractivity contribution in [3.63, 3.8) is 0 Å². The molecule has 0 unspecified atom stereocenters. The lowest BCUT2D eigenvalue weighted by Gasteiger charge is -2.00. The SMILES string of the molecule is Cc1cn2c(S(N)(=O)=O)cccc2n1. The van der Waals surface area contributed by atoms with Gasteiger partial charge in [-0.05, 0) is 19.1 Å². The van der Waals surface area contributed by atoms with Gasteiger partial charge < -0.3 is 0 Å². The predicted octanol–water partition coefficient (Wildman–Crippen LogP) is 0.290. The van der Waals surface area contributed by atoms with Crippen molar-refractivity contribution in [3.05, 3.63) is 30.1 Å². The number of hydrogen-bond donors (Lipinski definition) is 1. The standard InChI is InChI=1S/C8H9N3O2S/c1-6-5-11-7(10-6)3-2-4-8(11)14(9,12)13/h2-5H,1H3,(H2,9,12,13). The molecule has 0 bridgehead atoms. The molecular weight excluding hydrogens is 202 g/mol. The second kappa shape index (κ2) is 2.79. The molecule has 0 aliphatic heterocycles. The monoisotopic (exact) mass is 211 g/mol. The summed E-state index contributed by atoms with van der Waals surface area (Å²) in [7, 11) is -3.69. The van der Waals surface area contributed by atoms with Crippen LogP contribution >= 0.6 is 0 Å². The molecule has 0 aromatic carbocycles. The fourth-order valence-corrected chi connectivity index (χ4v) is 2.03. The van der Waals surface area contributed by atoms with Gasteiger partial charge in [-0.25, -0.2) is 18.5 Å². The Hall–Kier alpha value is -1.40. The maximum absolute atomic E-state index is 11.2. The van der Waals surface area contributed by atoms with Crippen molar-refractivity contribution in [2.45, 2.75) is 11.9 Å². The van der Waals surface area contributed by atoms with Crippen molar-refractivity contribution in [1.29, 1.82) is 0 Å². The zero-order valence-corrected chi connectivity index (χ0v) is 8.32. The molecule has 0 saturated heterocycles. The van der Waals surface area contributed by atoms with Gasteiger partial charge in [0, 0.05) is 6.20 Å². The molecule has 2 N–H and O–H groups in total. The van der Waals surface area contributed by atoms with Gasteiger partial charge in [0.1, 0.15) is 5.65 Å². The zero-order chi connectivity index (χ0) is 10.3. The van der Waals surface area contributed by atoms with Crippen LogP contribution in [0.3, 0.4) is 0 Å². The lowest BCUT2D eigenvalue weighted by Crippen LogP contribution is -2.15. The summed E-state index contributed by atoms with van der Waals surface area (Å²) in [5, 5.41) is 5.11. The average molecular weight is 211 g/mol. The highest BCUT2D eigenvalue weighted by molar-refractivity contribution is 7.89. The quantitative estimate of drug-likeness (QED) is 0.736. The van der Waals surface area contributed by atoms with E-state index in [0.717, 1.165) is 5.69 Å². The van der Waals surface area contributed by atoms with Crippen LogP contribution in [-0.2, 0) is 10.0 Å². The highest BCUT2D eigenvalue weighted by Gasteiger charge is 2.12. The molecule has 0 spiro atoms. The topological polar surface area (TPSA) is 77.5 Å². The summed E-state index contributed by atoms with van der Waals surface area (Å²) in [6.45, 7) is 1.79. The first-order valence-electron chi connectivity index (χ1n) is 3.96. The number of imidazole rings is 1. The molecular formula is C8H9N3O2S. The molecule has 6 heteroatoms. The third kappa shape index (κ3) is 1.38. The number of aryl methyl sites for hydroxylation is 1. The molecule has 2 heterocycles. The number of nitrogens with zero attached hydrogens (tertiary/aromatic N) is 2. The minimum Gasteiger partial charge on any atom is -0.289 e. The summed E-state index contributed by atoms with van der Waals surface area (Å²) >= 11 is 0. The number of nitrogens with two attached hydrogens (primary N) is 1. The minimum atomic E-state index is -3.69. The molecule has 0 radical (unpaired) electrons. The van der Waals surface area contributed by atoms with Crippen LogP contribution in [0.2, 0.25) is 0 Å². The van der Waals surface area contributed by atoms with E-state index < -0.39 is 10.0 Å². The molecule has 2 aromatic rings. The maximum atomic E-state index is 11.2. The first-order valence-corrected chi connectivity index (χ1v) is 5.50. The zero-order valence-electron chi connectivity index (χ0n) is 7.51. The van der Waals surface area contributed by atoms with E-state index in [0.29, 0.717) is 5.65 Å². The lowest BCUT2D eigenvalue weighted by atomic mass is 10.5. The molecule has 0 aliphatic rings. The van der Waals surface area contributed by atoms with Crippen LogP contribution in [0.25, 0.3) is 5.65 Å². The van der Waals surface area contributed by atoms with Gasteiger partial charge in [0.15, 0.2) is 5.03 Å². The van der Waals surface area contributed by atoms with E-state index in [-0.39, 0.29) is 5.03 Å².